The lowest BCUT2D eigenvalue weighted by molar-refractivity contribution is 0.425. The van der Waals surface area contributed by atoms with Gasteiger partial charge in [-0.25, -0.2) is 0 Å². The second-order valence-electron chi connectivity index (χ2n) is 7.17. The Balaban J connectivity index is 1.84. The minimum absolute atomic E-state index is 0.712. The second kappa shape index (κ2) is 9.74. The number of rotatable bonds is 7. The molecule has 2 heterocycles. The van der Waals surface area contributed by atoms with E-state index in [1.807, 2.05) is 6.07 Å². The molecule has 1 fully saturated rings. The van der Waals surface area contributed by atoms with Gasteiger partial charge in [-0.1, -0.05) is 36.2 Å². The molecule has 1 N–H and O–H groups in total. The van der Waals surface area contributed by atoms with Crippen molar-refractivity contribution >= 4 is 22.6 Å². The molecule has 1 aliphatic rings. The Kier molecular flexibility index (Phi) is 7.10. The third kappa shape index (κ3) is 4.93. The molecular weight excluding hydrogens is 368 g/mol. The highest BCUT2D eigenvalue weighted by atomic mass is 35.5. The Morgan fingerprint density at radius 3 is 2.57 bits per heavy atom. The average Bonchev–Trinajstić information content (AvgIpc) is 3.24. The minimum atomic E-state index is 0.712. The van der Waals surface area contributed by atoms with E-state index >= 15 is 0 Å². The van der Waals surface area contributed by atoms with Crippen LogP contribution in [-0.2, 0) is 6.54 Å². The molecule has 0 amide bonds. The maximum absolute atomic E-state index is 6.80. The molecule has 0 bridgehead atoms. The molecule has 0 spiro atoms. The lowest BCUT2D eigenvalue weighted by Gasteiger charge is -2.26. The van der Waals surface area contributed by atoms with Gasteiger partial charge >= 0.3 is 0 Å². The van der Waals surface area contributed by atoms with Crippen LogP contribution in [-0.4, -0.2) is 28.0 Å². The van der Waals surface area contributed by atoms with Gasteiger partial charge in [0.2, 0.25) is 0 Å². The van der Waals surface area contributed by atoms with Gasteiger partial charge in [0, 0.05) is 32.0 Å². The van der Waals surface area contributed by atoms with E-state index < -0.39 is 0 Å². The summed E-state index contributed by atoms with van der Waals surface area (Å²) in [6.45, 7) is 9.16. The first-order valence-electron chi connectivity index (χ1n) is 10.0. The number of likely N-dealkylation sites (tertiary alicyclic amines) is 1. The van der Waals surface area contributed by atoms with E-state index in [2.05, 4.69) is 65.2 Å². The number of nitrogens with one attached hydrogen (secondary N) is 1. The van der Waals surface area contributed by atoms with Crippen molar-refractivity contribution < 1.29 is 0 Å². The van der Waals surface area contributed by atoms with Crippen molar-refractivity contribution in [3.63, 3.8) is 0 Å². The molecule has 148 valence electrons. The maximum Gasteiger partial charge on any atom is 0.0890 e. The summed E-state index contributed by atoms with van der Waals surface area (Å²) in [6, 6.07) is 6.20. The monoisotopic (exact) mass is 396 g/mol. The average molecular weight is 397 g/mol. The summed E-state index contributed by atoms with van der Waals surface area (Å²) < 4.78 is 0. The molecule has 2 aromatic rings. The maximum atomic E-state index is 6.80. The SMILES string of the molecule is C\C=C(NCc1ccc2nccnc2c1)/C(=C(Cl)\C=C(/C)CC)N1CCCC1. The highest BCUT2D eigenvalue weighted by Crippen LogP contribution is 2.27. The predicted octanol–water partition coefficient (Wildman–Crippen LogP) is 5.53. The first kappa shape index (κ1) is 20.4. The van der Waals surface area contributed by atoms with Crippen molar-refractivity contribution in [1.82, 2.24) is 20.2 Å². The van der Waals surface area contributed by atoms with Gasteiger partial charge in [0.25, 0.3) is 0 Å². The van der Waals surface area contributed by atoms with E-state index in [4.69, 9.17) is 11.6 Å². The van der Waals surface area contributed by atoms with Crippen LogP contribution in [0.25, 0.3) is 11.0 Å². The predicted molar refractivity (Wildman–Crippen MR) is 118 cm³/mol. The van der Waals surface area contributed by atoms with Crippen LogP contribution in [0, 0.1) is 0 Å². The summed E-state index contributed by atoms with van der Waals surface area (Å²) in [5.41, 5.74) is 6.47. The molecule has 4 nitrogen and oxygen atoms in total. The van der Waals surface area contributed by atoms with Crippen molar-refractivity contribution in [2.45, 2.75) is 46.6 Å². The molecule has 1 aromatic carbocycles. The lowest BCUT2D eigenvalue weighted by Crippen LogP contribution is -2.27. The van der Waals surface area contributed by atoms with Gasteiger partial charge in [0.05, 0.1) is 27.5 Å². The molecule has 3 rings (SSSR count). The summed E-state index contributed by atoms with van der Waals surface area (Å²) in [7, 11) is 0. The highest BCUT2D eigenvalue weighted by Gasteiger charge is 2.20. The molecule has 0 aliphatic carbocycles. The van der Waals surface area contributed by atoms with Gasteiger partial charge in [-0.05, 0) is 56.9 Å². The van der Waals surface area contributed by atoms with E-state index in [-0.39, 0.29) is 0 Å². The first-order valence-corrected chi connectivity index (χ1v) is 10.4. The third-order valence-electron chi connectivity index (χ3n) is 5.14. The van der Waals surface area contributed by atoms with E-state index in [0.717, 1.165) is 47.0 Å². The van der Waals surface area contributed by atoms with Gasteiger partial charge in [-0.2, -0.15) is 0 Å². The fourth-order valence-corrected chi connectivity index (χ4v) is 3.82. The number of nitrogens with zero attached hydrogens (tertiary/aromatic N) is 3. The molecule has 1 aromatic heterocycles. The van der Waals surface area contributed by atoms with Gasteiger partial charge in [-0.3, -0.25) is 9.97 Å². The smallest absolute Gasteiger partial charge is 0.0890 e. The van der Waals surface area contributed by atoms with E-state index in [1.165, 1.54) is 24.0 Å². The quantitative estimate of drug-likeness (QED) is 0.625. The van der Waals surface area contributed by atoms with Gasteiger partial charge in [0.1, 0.15) is 0 Å². The zero-order chi connectivity index (χ0) is 19.9. The molecule has 0 radical (unpaired) electrons. The molecule has 28 heavy (non-hydrogen) atoms. The Bertz CT molecular complexity index is 908. The van der Waals surface area contributed by atoms with Crippen LogP contribution in [0.1, 0.15) is 45.6 Å². The fourth-order valence-electron chi connectivity index (χ4n) is 3.42. The zero-order valence-electron chi connectivity index (χ0n) is 17.0. The Morgan fingerprint density at radius 2 is 1.89 bits per heavy atom. The molecule has 1 saturated heterocycles. The summed E-state index contributed by atoms with van der Waals surface area (Å²) in [6.07, 6.45) is 11.1. The molecule has 1 aliphatic heterocycles. The third-order valence-corrected chi connectivity index (χ3v) is 5.43. The molecule has 0 unspecified atom stereocenters. The number of allylic oxidation sites excluding steroid dienone is 4. The topological polar surface area (TPSA) is 41.1 Å². The summed E-state index contributed by atoms with van der Waals surface area (Å²) in [5.74, 6) is 0. The van der Waals surface area contributed by atoms with Gasteiger partial charge in [-0.15, -0.1) is 0 Å². The Morgan fingerprint density at radius 1 is 1.18 bits per heavy atom. The van der Waals surface area contributed by atoms with Crippen molar-refractivity contribution in [2.24, 2.45) is 0 Å². The summed E-state index contributed by atoms with van der Waals surface area (Å²) in [5, 5.41) is 4.41. The van der Waals surface area contributed by atoms with Crippen LogP contribution in [0.3, 0.4) is 0 Å². The van der Waals surface area contributed by atoms with Crippen molar-refractivity contribution in [3.8, 4) is 0 Å². The number of aromatic nitrogens is 2. The second-order valence-corrected chi connectivity index (χ2v) is 7.58. The number of halogens is 1. The summed E-state index contributed by atoms with van der Waals surface area (Å²) >= 11 is 6.80. The zero-order valence-corrected chi connectivity index (χ0v) is 17.8. The number of fused-ring (bicyclic) bond motifs is 1. The Labute approximate surface area is 173 Å². The molecule has 0 saturated carbocycles. The largest absolute Gasteiger partial charge is 0.380 e. The van der Waals surface area contributed by atoms with Crippen LogP contribution < -0.4 is 5.32 Å². The van der Waals surface area contributed by atoms with Crippen LogP contribution in [0.5, 0.6) is 0 Å². The molecular formula is C23H29ClN4. The molecule has 5 heteroatoms. The van der Waals surface area contributed by atoms with Gasteiger partial charge in [0.15, 0.2) is 0 Å². The summed E-state index contributed by atoms with van der Waals surface area (Å²) in [4.78, 5) is 11.1. The van der Waals surface area contributed by atoms with E-state index in [1.54, 1.807) is 12.4 Å². The van der Waals surface area contributed by atoms with Crippen LogP contribution in [0.2, 0.25) is 0 Å². The van der Waals surface area contributed by atoms with Crippen LogP contribution in [0.4, 0.5) is 0 Å². The normalized spacial score (nSPS) is 16.5. The van der Waals surface area contributed by atoms with Crippen LogP contribution >= 0.6 is 11.6 Å². The lowest BCUT2D eigenvalue weighted by atomic mass is 10.1. The minimum Gasteiger partial charge on any atom is -0.380 e. The van der Waals surface area contributed by atoms with Crippen molar-refractivity contribution in [2.75, 3.05) is 13.1 Å². The van der Waals surface area contributed by atoms with Gasteiger partial charge < -0.3 is 10.2 Å². The number of hydrogen-bond donors (Lipinski definition) is 1. The first-order chi connectivity index (χ1) is 13.6. The number of benzene rings is 1. The van der Waals surface area contributed by atoms with E-state index in [0.29, 0.717) is 6.54 Å². The van der Waals surface area contributed by atoms with Crippen molar-refractivity contribution in [1.29, 1.82) is 0 Å². The highest BCUT2D eigenvalue weighted by molar-refractivity contribution is 6.31. The standard InChI is InChI=1S/C23H29ClN4/c1-4-17(3)14-19(24)23(28-12-6-7-13-28)20(5-2)27-16-18-8-9-21-22(15-18)26-11-10-25-21/h5,8-11,14-15,27H,4,6-7,12-13,16H2,1-3H3/b17-14+,20-5+,23-19-. The fraction of sp³-hybridized carbons (Fsp3) is 0.391. The molecule has 0 atom stereocenters. The Hall–Kier alpha value is -2.33. The van der Waals surface area contributed by atoms with E-state index in [9.17, 15) is 0 Å². The van der Waals surface area contributed by atoms with Crippen LogP contribution in [0.15, 0.2) is 64.7 Å². The van der Waals surface area contributed by atoms with Crippen molar-refractivity contribution in [3.05, 3.63) is 70.3 Å². The number of hydrogen-bond acceptors (Lipinski definition) is 4.